The number of aryl methyl sites for hydroxylation is 1. The minimum atomic E-state index is -0.316. The standard InChI is InChI=1S/C10H18N4O2/c1-3-14(8-4-11-5-9(8)15)6-10-13-12-7(2)16-10/h8-9,11,15H,3-6H2,1-2H3/t8-,9-/m0/s1. The van der Waals surface area contributed by atoms with Gasteiger partial charge in [0.2, 0.25) is 11.8 Å². The van der Waals surface area contributed by atoms with Crippen LogP contribution in [0.3, 0.4) is 0 Å². The number of nitrogens with zero attached hydrogens (tertiary/aromatic N) is 3. The quantitative estimate of drug-likeness (QED) is 0.723. The third-order valence-electron chi connectivity index (χ3n) is 2.93. The van der Waals surface area contributed by atoms with Crippen LogP contribution >= 0.6 is 0 Å². The molecule has 0 amide bonds. The first-order valence-electron chi connectivity index (χ1n) is 5.62. The molecule has 0 aromatic carbocycles. The highest BCUT2D eigenvalue weighted by Gasteiger charge is 2.30. The van der Waals surface area contributed by atoms with Gasteiger partial charge in [0.25, 0.3) is 0 Å². The fourth-order valence-electron chi connectivity index (χ4n) is 2.06. The number of hydrogen-bond donors (Lipinski definition) is 2. The normalized spacial score (nSPS) is 25.5. The van der Waals surface area contributed by atoms with E-state index in [0.717, 1.165) is 13.1 Å². The van der Waals surface area contributed by atoms with Crippen molar-refractivity contribution < 1.29 is 9.52 Å². The van der Waals surface area contributed by atoms with Crippen LogP contribution in [0.25, 0.3) is 0 Å². The molecule has 2 rings (SSSR count). The van der Waals surface area contributed by atoms with Gasteiger partial charge in [0.1, 0.15) is 0 Å². The minimum absolute atomic E-state index is 0.136. The monoisotopic (exact) mass is 226 g/mol. The number of rotatable bonds is 4. The van der Waals surface area contributed by atoms with E-state index in [1.54, 1.807) is 6.92 Å². The Morgan fingerprint density at radius 1 is 1.50 bits per heavy atom. The largest absolute Gasteiger partial charge is 0.424 e. The van der Waals surface area contributed by atoms with Gasteiger partial charge in [0, 0.05) is 26.1 Å². The Morgan fingerprint density at radius 2 is 2.31 bits per heavy atom. The van der Waals surface area contributed by atoms with Gasteiger partial charge >= 0.3 is 0 Å². The van der Waals surface area contributed by atoms with Gasteiger partial charge in [-0.3, -0.25) is 4.90 Å². The smallest absolute Gasteiger partial charge is 0.230 e. The van der Waals surface area contributed by atoms with Gasteiger partial charge < -0.3 is 14.8 Å². The molecule has 0 bridgehead atoms. The lowest BCUT2D eigenvalue weighted by atomic mass is 10.2. The number of nitrogens with one attached hydrogen (secondary N) is 1. The number of aliphatic hydroxyl groups excluding tert-OH is 1. The van der Waals surface area contributed by atoms with Crippen molar-refractivity contribution in [3.8, 4) is 0 Å². The molecule has 2 N–H and O–H groups in total. The van der Waals surface area contributed by atoms with Gasteiger partial charge in [0.05, 0.1) is 12.6 Å². The second kappa shape index (κ2) is 4.90. The van der Waals surface area contributed by atoms with Gasteiger partial charge in [-0.2, -0.15) is 0 Å². The van der Waals surface area contributed by atoms with Crippen molar-refractivity contribution in [1.82, 2.24) is 20.4 Å². The maximum atomic E-state index is 9.80. The second-order valence-electron chi connectivity index (χ2n) is 4.07. The summed E-state index contributed by atoms with van der Waals surface area (Å²) in [4.78, 5) is 2.15. The molecule has 16 heavy (non-hydrogen) atoms. The predicted molar refractivity (Wildman–Crippen MR) is 57.8 cm³/mol. The van der Waals surface area contributed by atoms with Crippen LogP contribution < -0.4 is 5.32 Å². The minimum Gasteiger partial charge on any atom is -0.424 e. The van der Waals surface area contributed by atoms with E-state index < -0.39 is 0 Å². The van der Waals surface area contributed by atoms with Gasteiger partial charge in [-0.15, -0.1) is 10.2 Å². The van der Waals surface area contributed by atoms with Crippen molar-refractivity contribution in [3.63, 3.8) is 0 Å². The molecule has 1 aliphatic heterocycles. The summed E-state index contributed by atoms with van der Waals surface area (Å²) >= 11 is 0. The van der Waals surface area contributed by atoms with E-state index in [1.807, 2.05) is 0 Å². The molecular formula is C10H18N4O2. The number of aromatic nitrogens is 2. The molecule has 0 aliphatic carbocycles. The zero-order valence-corrected chi connectivity index (χ0v) is 9.68. The highest BCUT2D eigenvalue weighted by atomic mass is 16.4. The Labute approximate surface area is 94.7 Å². The van der Waals surface area contributed by atoms with Gasteiger partial charge in [-0.05, 0) is 6.54 Å². The summed E-state index contributed by atoms with van der Waals surface area (Å²) in [5.74, 6) is 1.19. The zero-order chi connectivity index (χ0) is 11.5. The van der Waals surface area contributed by atoms with Crippen molar-refractivity contribution in [2.75, 3.05) is 19.6 Å². The molecule has 1 fully saturated rings. The molecule has 1 saturated heterocycles. The molecule has 0 unspecified atom stereocenters. The van der Waals surface area contributed by atoms with E-state index in [9.17, 15) is 5.11 Å². The third-order valence-corrected chi connectivity index (χ3v) is 2.93. The first-order chi connectivity index (χ1) is 7.70. The van der Waals surface area contributed by atoms with E-state index in [1.165, 1.54) is 0 Å². The molecule has 0 saturated carbocycles. The van der Waals surface area contributed by atoms with Crippen molar-refractivity contribution in [2.45, 2.75) is 32.5 Å². The van der Waals surface area contributed by atoms with Crippen LogP contribution in [0.1, 0.15) is 18.7 Å². The van der Waals surface area contributed by atoms with Crippen molar-refractivity contribution in [3.05, 3.63) is 11.8 Å². The highest BCUT2D eigenvalue weighted by molar-refractivity contribution is 4.90. The first-order valence-corrected chi connectivity index (χ1v) is 5.62. The van der Waals surface area contributed by atoms with Crippen LogP contribution in [-0.2, 0) is 6.54 Å². The predicted octanol–water partition coefficient (Wildman–Crippen LogP) is -0.467. The lowest BCUT2D eigenvalue weighted by Crippen LogP contribution is -2.42. The average molecular weight is 226 g/mol. The number of aliphatic hydroxyl groups is 1. The maximum Gasteiger partial charge on any atom is 0.230 e. The molecule has 0 radical (unpaired) electrons. The van der Waals surface area contributed by atoms with Crippen molar-refractivity contribution in [1.29, 1.82) is 0 Å². The Kier molecular flexibility index (Phi) is 3.52. The maximum absolute atomic E-state index is 9.80. The lowest BCUT2D eigenvalue weighted by molar-refractivity contribution is 0.0761. The Hall–Kier alpha value is -0.980. The van der Waals surface area contributed by atoms with E-state index in [2.05, 4.69) is 27.3 Å². The summed E-state index contributed by atoms with van der Waals surface area (Å²) in [5.41, 5.74) is 0. The summed E-state index contributed by atoms with van der Waals surface area (Å²) in [5, 5.41) is 20.7. The second-order valence-corrected chi connectivity index (χ2v) is 4.07. The van der Waals surface area contributed by atoms with Crippen LogP contribution in [0, 0.1) is 6.92 Å². The first kappa shape index (κ1) is 11.5. The van der Waals surface area contributed by atoms with Gasteiger partial charge in [-0.25, -0.2) is 0 Å². The molecule has 0 spiro atoms. The number of hydrogen-bond acceptors (Lipinski definition) is 6. The number of likely N-dealkylation sites (N-methyl/N-ethyl adjacent to an activating group) is 1. The van der Waals surface area contributed by atoms with Crippen LogP contribution in [0.4, 0.5) is 0 Å². The van der Waals surface area contributed by atoms with Gasteiger partial charge in [-0.1, -0.05) is 6.92 Å². The molecule has 1 aliphatic rings. The van der Waals surface area contributed by atoms with Crippen LogP contribution in [0.2, 0.25) is 0 Å². The van der Waals surface area contributed by atoms with E-state index in [0.29, 0.717) is 24.9 Å². The summed E-state index contributed by atoms with van der Waals surface area (Å²) in [6.45, 7) is 6.75. The summed E-state index contributed by atoms with van der Waals surface area (Å²) < 4.78 is 5.34. The highest BCUT2D eigenvalue weighted by Crippen LogP contribution is 2.12. The summed E-state index contributed by atoms with van der Waals surface area (Å²) in [6, 6.07) is 0.136. The van der Waals surface area contributed by atoms with Crippen LogP contribution in [-0.4, -0.2) is 52.0 Å². The van der Waals surface area contributed by atoms with Crippen molar-refractivity contribution >= 4 is 0 Å². The number of β-amino-alcohol motifs (C(OH)–C–C–N with tert-alkyl or cyclic N) is 1. The molecular weight excluding hydrogens is 208 g/mol. The average Bonchev–Trinajstić information content (AvgIpc) is 2.84. The fourth-order valence-corrected chi connectivity index (χ4v) is 2.06. The fraction of sp³-hybridized carbons (Fsp3) is 0.800. The van der Waals surface area contributed by atoms with E-state index >= 15 is 0 Å². The lowest BCUT2D eigenvalue weighted by Gasteiger charge is -2.27. The van der Waals surface area contributed by atoms with E-state index in [4.69, 9.17) is 4.42 Å². The third kappa shape index (κ3) is 2.40. The molecule has 2 heterocycles. The van der Waals surface area contributed by atoms with Gasteiger partial charge in [0.15, 0.2) is 0 Å². The Morgan fingerprint density at radius 3 is 2.81 bits per heavy atom. The molecule has 1 aromatic rings. The van der Waals surface area contributed by atoms with Crippen LogP contribution in [0.15, 0.2) is 4.42 Å². The topological polar surface area (TPSA) is 74.4 Å². The van der Waals surface area contributed by atoms with Crippen LogP contribution in [0.5, 0.6) is 0 Å². The zero-order valence-electron chi connectivity index (χ0n) is 9.68. The SMILES string of the molecule is CCN(Cc1nnc(C)o1)[C@H]1CNC[C@@H]1O. The summed E-state index contributed by atoms with van der Waals surface area (Å²) in [6.07, 6.45) is -0.316. The van der Waals surface area contributed by atoms with E-state index in [-0.39, 0.29) is 12.1 Å². The molecule has 6 nitrogen and oxygen atoms in total. The Balaban J connectivity index is 2.00. The molecule has 1 aromatic heterocycles. The Bertz CT molecular complexity index is 341. The van der Waals surface area contributed by atoms with Crippen molar-refractivity contribution in [2.24, 2.45) is 0 Å². The molecule has 2 atom stereocenters. The summed E-state index contributed by atoms with van der Waals surface area (Å²) in [7, 11) is 0. The molecule has 90 valence electrons. The molecule has 6 heteroatoms.